The van der Waals surface area contributed by atoms with E-state index in [0.29, 0.717) is 5.13 Å². The summed E-state index contributed by atoms with van der Waals surface area (Å²) in [4.78, 5) is 16.8. The number of fused-ring (bicyclic) bond motifs is 1. The third-order valence-corrected chi connectivity index (χ3v) is 5.02. The number of hydrogen-bond acceptors (Lipinski definition) is 5. The topological polar surface area (TPSA) is 60.5 Å². The number of amides is 1. The first-order valence-electron chi connectivity index (χ1n) is 8.76. The lowest BCUT2D eigenvalue weighted by Gasteiger charge is -2.04. The fraction of sp³-hybridized carbons (Fsp3) is 0.0909. The molecule has 1 amide bonds. The molecule has 0 radical (unpaired) electrons. The average molecular weight is 390 g/mol. The maximum Gasteiger partial charge on any atom is 0.230 e. The van der Waals surface area contributed by atoms with Gasteiger partial charge in [-0.1, -0.05) is 41.7 Å². The number of para-hydroxylation sites is 1. The largest absolute Gasteiger partial charge is 0.497 e. The molecule has 0 aliphatic carbocycles. The maximum absolute atomic E-state index is 12.4. The fourth-order valence-electron chi connectivity index (χ4n) is 2.78. The monoisotopic (exact) mass is 390 g/mol. The Morgan fingerprint density at radius 1 is 0.964 bits per heavy atom. The standard InChI is InChI=1S/C22H18N2O3S/c1-26-17-9-5-6-15(12-17)13-21(25)24-22-23-19-11-10-18(14-20(19)28-22)27-16-7-3-2-4-8-16/h2-12,14H,13H2,1H3,(H,23,24,25). The van der Waals surface area contributed by atoms with Gasteiger partial charge in [0.25, 0.3) is 0 Å². The lowest BCUT2D eigenvalue weighted by atomic mass is 10.1. The van der Waals surface area contributed by atoms with E-state index in [0.717, 1.165) is 33.0 Å². The minimum Gasteiger partial charge on any atom is -0.497 e. The van der Waals surface area contributed by atoms with Crippen molar-refractivity contribution in [2.75, 3.05) is 12.4 Å². The van der Waals surface area contributed by atoms with E-state index in [2.05, 4.69) is 10.3 Å². The minimum absolute atomic E-state index is 0.118. The van der Waals surface area contributed by atoms with Crippen LogP contribution in [0.3, 0.4) is 0 Å². The molecule has 0 aliphatic rings. The molecule has 0 bridgehead atoms. The second kappa shape index (κ2) is 8.10. The Kier molecular flexibility index (Phi) is 5.21. The Hall–Kier alpha value is -3.38. The van der Waals surface area contributed by atoms with Crippen molar-refractivity contribution in [3.63, 3.8) is 0 Å². The van der Waals surface area contributed by atoms with Gasteiger partial charge in [0.05, 0.1) is 23.7 Å². The van der Waals surface area contributed by atoms with Crippen LogP contribution in [0.25, 0.3) is 10.2 Å². The van der Waals surface area contributed by atoms with Crippen molar-refractivity contribution in [3.8, 4) is 17.2 Å². The lowest BCUT2D eigenvalue weighted by molar-refractivity contribution is -0.115. The van der Waals surface area contributed by atoms with Gasteiger partial charge >= 0.3 is 0 Å². The summed E-state index contributed by atoms with van der Waals surface area (Å²) in [6, 6.07) is 22.8. The normalized spacial score (nSPS) is 10.6. The molecule has 0 unspecified atom stereocenters. The summed E-state index contributed by atoms with van der Waals surface area (Å²) < 4.78 is 12.0. The Morgan fingerprint density at radius 3 is 2.61 bits per heavy atom. The molecule has 5 nitrogen and oxygen atoms in total. The van der Waals surface area contributed by atoms with Gasteiger partial charge in [-0.2, -0.15) is 0 Å². The Labute approximate surface area is 166 Å². The number of benzene rings is 3. The van der Waals surface area contributed by atoms with E-state index in [4.69, 9.17) is 9.47 Å². The Balaban J connectivity index is 1.46. The number of aromatic nitrogens is 1. The van der Waals surface area contributed by atoms with E-state index in [1.54, 1.807) is 7.11 Å². The number of carbonyl (C=O) groups excluding carboxylic acids is 1. The van der Waals surface area contributed by atoms with Gasteiger partial charge in [0, 0.05) is 6.07 Å². The second-order valence-corrected chi connectivity index (χ2v) is 7.17. The number of rotatable bonds is 6. The van der Waals surface area contributed by atoms with Crippen LogP contribution in [0.5, 0.6) is 17.2 Å². The third-order valence-electron chi connectivity index (χ3n) is 4.08. The molecule has 6 heteroatoms. The second-order valence-electron chi connectivity index (χ2n) is 6.14. The molecule has 1 heterocycles. The van der Waals surface area contributed by atoms with E-state index >= 15 is 0 Å². The van der Waals surface area contributed by atoms with E-state index in [1.807, 2.05) is 72.8 Å². The van der Waals surface area contributed by atoms with Crippen LogP contribution in [0, 0.1) is 0 Å². The van der Waals surface area contributed by atoms with Crippen molar-refractivity contribution in [2.24, 2.45) is 0 Å². The predicted octanol–water partition coefficient (Wildman–Crippen LogP) is 5.28. The molecule has 0 atom stereocenters. The number of carbonyl (C=O) groups is 1. The van der Waals surface area contributed by atoms with Crippen molar-refractivity contribution in [2.45, 2.75) is 6.42 Å². The summed E-state index contributed by atoms with van der Waals surface area (Å²) in [6.07, 6.45) is 0.259. The number of thiazole rings is 1. The summed E-state index contributed by atoms with van der Waals surface area (Å²) >= 11 is 1.42. The molecular formula is C22H18N2O3S. The molecule has 0 saturated heterocycles. The number of ether oxygens (including phenoxy) is 2. The van der Waals surface area contributed by atoms with Gasteiger partial charge in [0.1, 0.15) is 17.2 Å². The van der Waals surface area contributed by atoms with Crippen molar-refractivity contribution in [3.05, 3.63) is 78.4 Å². The van der Waals surface area contributed by atoms with Crippen LogP contribution in [0.4, 0.5) is 5.13 Å². The summed E-state index contributed by atoms with van der Waals surface area (Å²) in [5, 5.41) is 3.44. The first-order chi connectivity index (χ1) is 13.7. The zero-order valence-electron chi connectivity index (χ0n) is 15.2. The third kappa shape index (κ3) is 4.29. The molecule has 3 aromatic carbocycles. The van der Waals surface area contributed by atoms with E-state index < -0.39 is 0 Å². The summed E-state index contributed by atoms with van der Waals surface area (Å²) in [7, 11) is 1.61. The number of methoxy groups -OCH3 is 1. The molecule has 1 N–H and O–H groups in total. The SMILES string of the molecule is COc1cccc(CC(=O)Nc2nc3ccc(Oc4ccccc4)cc3s2)c1. The summed E-state index contributed by atoms with van der Waals surface area (Å²) in [6.45, 7) is 0. The van der Waals surface area contributed by atoms with E-state index in [-0.39, 0.29) is 12.3 Å². The lowest BCUT2D eigenvalue weighted by Crippen LogP contribution is -2.14. The fourth-order valence-corrected chi connectivity index (χ4v) is 3.69. The molecular weight excluding hydrogens is 372 g/mol. The minimum atomic E-state index is -0.118. The maximum atomic E-state index is 12.4. The van der Waals surface area contributed by atoms with Crippen LogP contribution in [0.2, 0.25) is 0 Å². The smallest absolute Gasteiger partial charge is 0.230 e. The van der Waals surface area contributed by atoms with Crippen LogP contribution < -0.4 is 14.8 Å². The zero-order valence-corrected chi connectivity index (χ0v) is 16.0. The Bertz CT molecular complexity index is 1110. The first-order valence-corrected chi connectivity index (χ1v) is 9.57. The van der Waals surface area contributed by atoms with E-state index in [1.165, 1.54) is 11.3 Å². The molecule has 0 saturated carbocycles. The van der Waals surface area contributed by atoms with Gasteiger partial charge in [-0.15, -0.1) is 0 Å². The highest BCUT2D eigenvalue weighted by atomic mass is 32.1. The molecule has 0 spiro atoms. The molecule has 4 aromatic rings. The van der Waals surface area contributed by atoms with Crippen LogP contribution in [0.15, 0.2) is 72.8 Å². The molecule has 4 rings (SSSR count). The summed E-state index contributed by atoms with van der Waals surface area (Å²) in [5.74, 6) is 2.12. The molecule has 1 aromatic heterocycles. The van der Waals surface area contributed by atoms with Gasteiger partial charge in [-0.3, -0.25) is 4.79 Å². The average Bonchev–Trinajstić information content (AvgIpc) is 3.10. The number of nitrogens with zero attached hydrogens (tertiary/aromatic N) is 1. The number of anilines is 1. The van der Waals surface area contributed by atoms with Gasteiger partial charge in [0.2, 0.25) is 5.91 Å². The van der Waals surface area contributed by atoms with Crippen molar-refractivity contribution >= 4 is 32.6 Å². The highest BCUT2D eigenvalue weighted by Gasteiger charge is 2.10. The van der Waals surface area contributed by atoms with Crippen LogP contribution >= 0.6 is 11.3 Å². The number of nitrogens with one attached hydrogen (secondary N) is 1. The highest BCUT2D eigenvalue weighted by Crippen LogP contribution is 2.31. The molecule has 140 valence electrons. The predicted molar refractivity (Wildman–Crippen MR) is 111 cm³/mol. The van der Waals surface area contributed by atoms with Crippen molar-refractivity contribution in [1.29, 1.82) is 0 Å². The Morgan fingerprint density at radius 2 is 1.79 bits per heavy atom. The quantitative estimate of drug-likeness (QED) is 0.487. The van der Waals surface area contributed by atoms with Crippen LogP contribution in [0.1, 0.15) is 5.56 Å². The molecule has 28 heavy (non-hydrogen) atoms. The number of hydrogen-bond donors (Lipinski definition) is 1. The van der Waals surface area contributed by atoms with E-state index in [9.17, 15) is 4.79 Å². The van der Waals surface area contributed by atoms with Crippen LogP contribution in [-0.2, 0) is 11.2 Å². The van der Waals surface area contributed by atoms with Gasteiger partial charge in [-0.25, -0.2) is 4.98 Å². The molecule has 0 fully saturated rings. The molecule has 0 aliphatic heterocycles. The zero-order chi connectivity index (χ0) is 19.3. The van der Waals surface area contributed by atoms with Gasteiger partial charge in [-0.05, 0) is 42.0 Å². The first kappa shape index (κ1) is 18.0. The van der Waals surface area contributed by atoms with Crippen LogP contribution in [-0.4, -0.2) is 18.0 Å². The van der Waals surface area contributed by atoms with Gasteiger partial charge in [0.15, 0.2) is 5.13 Å². The summed E-state index contributed by atoms with van der Waals surface area (Å²) in [5.41, 5.74) is 1.71. The van der Waals surface area contributed by atoms with Crippen molar-refractivity contribution < 1.29 is 14.3 Å². The highest BCUT2D eigenvalue weighted by molar-refractivity contribution is 7.22. The van der Waals surface area contributed by atoms with Crippen molar-refractivity contribution in [1.82, 2.24) is 4.98 Å². The van der Waals surface area contributed by atoms with Gasteiger partial charge < -0.3 is 14.8 Å².